The van der Waals surface area contributed by atoms with E-state index < -0.39 is 0 Å². The van der Waals surface area contributed by atoms with Crippen LogP contribution >= 0.6 is 23.5 Å². The van der Waals surface area contributed by atoms with E-state index in [9.17, 15) is 4.79 Å². The van der Waals surface area contributed by atoms with E-state index >= 15 is 0 Å². The lowest BCUT2D eigenvalue weighted by Crippen LogP contribution is -2.38. The monoisotopic (exact) mass is 385 g/mol. The molecule has 4 rings (SSSR count). The van der Waals surface area contributed by atoms with E-state index in [1.54, 1.807) is 0 Å². The van der Waals surface area contributed by atoms with Crippen LogP contribution in [0.5, 0.6) is 5.75 Å². The normalized spacial score (nSPS) is 17.6. The molecular formula is C21H23NO2S2. The predicted octanol–water partition coefficient (Wildman–Crippen LogP) is 4.52. The van der Waals surface area contributed by atoms with Gasteiger partial charge in [0.15, 0.2) is 6.61 Å². The minimum absolute atomic E-state index is 0.0574. The largest absolute Gasteiger partial charge is 0.484 e. The summed E-state index contributed by atoms with van der Waals surface area (Å²) in [4.78, 5) is 14.4. The number of nitrogens with zero attached hydrogens (tertiary/aromatic N) is 1. The summed E-state index contributed by atoms with van der Waals surface area (Å²) in [7, 11) is 0. The van der Waals surface area contributed by atoms with Gasteiger partial charge in [-0.25, -0.2) is 0 Å². The fraction of sp³-hybridized carbons (Fsp3) is 0.381. The van der Waals surface area contributed by atoms with Gasteiger partial charge in [-0.15, -0.1) is 23.5 Å². The summed E-state index contributed by atoms with van der Waals surface area (Å²) < 4.78 is 6.28. The molecular weight excluding hydrogens is 362 g/mol. The quantitative estimate of drug-likeness (QED) is 0.774. The van der Waals surface area contributed by atoms with E-state index in [4.69, 9.17) is 4.74 Å². The van der Waals surface area contributed by atoms with Crippen LogP contribution in [0.15, 0.2) is 48.5 Å². The van der Waals surface area contributed by atoms with Crippen LogP contribution < -0.4 is 4.74 Å². The Balaban J connectivity index is 1.30. The van der Waals surface area contributed by atoms with Gasteiger partial charge in [-0.2, -0.15) is 0 Å². The predicted molar refractivity (Wildman–Crippen MR) is 110 cm³/mol. The van der Waals surface area contributed by atoms with Crippen molar-refractivity contribution in [3.05, 3.63) is 65.2 Å². The number of benzene rings is 2. The summed E-state index contributed by atoms with van der Waals surface area (Å²) in [5.41, 5.74) is 3.94. The summed E-state index contributed by atoms with van der Waals surface area (Å²) in [6.45, 7) is 1.57. The van der Waals surface area contributed by atoms with Crippen LogP contribution in [0.3, 0.4) is 0 Å². The van der Waals surface area contributed by atoms with Crippen molar-refractivity contribution in [1.29, 1.82) is 0 Å². The third-order valence-electron chi connectivity index (χ3n) is 4.83. The van der Waals surface area contributed by atoms with Crippen LogP contribution in [0, 0.1) is 0 Å². The van der Waals surface area contributed by atoms with Crippen LogP contribution in [0.4, 0.5) is 0 Å². The van der Waals surface area contributed by atoms with Gasteiger partial charge in [0.2, 0.25) is 0 Å². The Morgan fingerprint density at radius 2 is 1.77 bits per heavy atom. The van der Waals surface area contributed by atoms with Gasteiger partial charge in [0, 0.05) is 13.1 Å². The molecule has 0 radical (unpaired) electrons. The highest BCUT2D eigenvalue weighted by Gasteiger charge is 2.21. The van der Waals surface area contributed by atoms with Crippen molar-refractivity contribution in [2.24, 2.45) is 0 Å². The molecule has 0 unspecified atom stereocenters. The number of ether oxygens (including phenoxy) is 1. The minimum Gasteiger partial charge on any atom is -0.484 e. The van der Waals surface area contributed by atoms with Gasteiger partial charge in [-0.1, -0.05) is 36.4 Å². The lowest BCUT2D eigenvalue weighted by molar-refractivity contribution is -0.134. The molecule has 2 aliphatic rings. The molecule has 1 amide bonds. The van der Waals surface area contributed by atoms with E-state index in [1.165, 1.54) is 34.6 Å². The molecule has 3 nitrogen and oxygen atoms in total. The Hall–Kier alpha value is -1.59. The summed E-state index contributed by atoms with van der Waals surface area (Å²) in [6, 6.07) is 16.6. The number of hydrogen-bond donors (Lipinski definition) is 0. The maximum atomic E-state index is 12.5. The maximum absolute atomic E-state index is 12.5. The lowest BCUT2D eigenvalue weighted by Gasteiger charge is -2.28. The van der Waals surface area contributed by atoms with Gasteiger partial charge in [0.1, 0.15) is 5.75 Å². The average molecular weight is 386 g/mol. The maximum Gasteiger partial charge on any atom is 0.260 e. The Morgan fingerprint density at radius 3 is 2.54 bits per heavy atom. The second-order valence-electron chi connectivity index (χ2n) is 6.62. The molecule has 26 heavy (non-hydrogen) atoms. The van der Waals surface area contributed by atoms with Crippen molar-refractivity contribution in [2.45, 2.75) is 24.0 Å². The van der Waals surface area contributed by atoms with Crippen molar-refractivity contribution < 1.29 is 9.53 Å². The number of rotatable bonds is 4. The molecule has 2 aliphatic heterocycles. The summed E-state index contributed by atoms with van der Waals surface area (Å²) in [5.74, 6) is 3.31. The first kappa shape index (κ1) is 17.8. The van der Waals surface area contributed by atoms with Crippen LogP contribution in [-0.4, -0.2) is 35.5 Å². The second-order valence-corrected chi connectivity index (χ2v) is 9.34. The van der Waals surface area contributed by atoms with Gasteiger partial charge in [0.05, 0.1) is 4.58 Å². The zero-order valence-corrected chi connectivity index (χ0v) is 16.4. The number of carbonyl (C=O) groups excluding carboxylic acids is 1. The Labute approximate surface area is 163 Å². The van der Waals surface area contributed by atoms with E-state index in [0.717, 1.165) is 18.7 Å². The second kappa shape index (κ2) is 8.40. The molecule has 0 aliphatic carbocycles. The van der Waals surface area contributed by atoms with Gasteiger partial charge >= 0.3 is 0 Å². The molecule has 0 bridgehead atoms. The first-order valence-corrected chi connectivity index (χ1v) is 11.2. The Kier molecular flexibility index (Phi) is 5.75. The third kappa shape index (κ3) is 4.21. The van der Waals surface area contributed by atoms with Gasteiger partial charge in [0.25, 0.3) is 5.91 Å². The standard InChI is InChI=1S/C21H23NO2S2/c23-20(22-11-10-16-4-1-2-5-18(16)14-22)15-24-19-8-6-17(7-9-19)21-25-12-3-13-26-21/h1-2,4-9,21H,3,10-15H2. The summed E-state index contributed by atoms with van der Waals surface area (Å²) >= 11 is 4.03. The highest BCUT2D eigenvalue weighted by atomic mass is 32.2. The molecule has 2 heterocycles. The zero-order valence-electron chi connectivity index (χ0n) is 14.7. The minimum atomic E-state index is 0.0574. The van der Waals surface area contributed by atoms with Gasteiger partial charge in [-0.3, -0.25) is 4.79 Å². The topological polar surface area (TPSA) is 29.5 Å². The van der Waals surface area contributed by atoms with Gasteiger partial charge in [-0.05, 0) is 53.2 Å². The molecule has 0 spiro atoms. The molecule has 0 aromatic heterocycles. The number of hydrogen-bond acceptors (Lipinski definition) is 4. The average Bonchev–Trinajstić information content (AvgIpc) is 2.72. The molecule has 2 aromatic rings. The SMILES string of the molecule is O=C(COc1ccc(C2SCCCS2)cc1)N1CCc2ccccc2C1. The summed E-state index contributed by atoms with van der Waals surface area (Å²) in [6.07, 6.45) is 2.23. The van der Waals surface area contributed by atoms with Crippen molar-refractivity contribution in [3.8, 4) is 5.75 Å². The Morgan fingerprint density at radius 1 is 1.04 bits per heavy atom. The van der Waals surface area contributed by atoms with E-state index in [0.29, 0.717) is 11.1 Å². The molecule has 0 atom stereocenters. The fourth-order valence-electron chi connectivity index (χ4n) is 3.35. The fourth-order valence-corrected chi connectivity index (χ4v) is 6.24. The molecule has 2 aromatic carbocycles. The number of amides is 1. The van der Waals surface area contributed by atoms with Gasteiger partial charge < -0.3 is 9.64 Å². The highest BCUT2D eigenvalue weighted by Crippen LogP contribution is 2.43. The van der Waals surface area contributed by atoms with Crippen LogP contribution in [0.25, 0.3) is 0 Å². The Bertz CT molecular complexity index is 757. The number of fused-ring (bicyclic) bond motifs is 1. The molecule has 0 N–H and O–H groups in total. The summed E-state index contributed by atoms with van der Waals surface area (Å²) in [5, 5.41) is 0. The molecule has 0 saturated carbocycles. The van der Waals surface area contributed by atoms with Crippen molar-refractivity contribution in [3.63, 3.8) is 0 Å². The molecule has 5 heteroatoms. The first-order chi connectivity index (χ1) is 12.8. The lowest BCUT2D eigenvalue weighted by atomic mass is 10.00. The van der Waals surface area contributed by atoms with E-state index in [2.05, 4.69) is 30.3 Å². The van der Waals surface area contributed by atoms with Crippen molar-refractivity contribution >= 4 is 29.4 Å². The molecule has 1 fully saturated rings. The first-order valence-electron chi connectivity index (χ1n) is 9.10. The third-order valence-corrected chi connectivity index (χ3v) is 7.84. The van der Waals surface area contributed by atoms with Crippen LogP contribution in [0.2, 0.25) is 0 Å². The van der Waals surface area contributed by atoms with Crippen molar-refractivity contribution in [2.75, 3.05) is 24.7 Å². The number of carbonyl (C=O) groups is 1. The molecule has 136 valence electrons. The van der Waals surface area contributed by atoms with Crippen LogP contribution in [0.1, 0.15) is 27.7 Å². The van der Waals surface area contributed by atoms with E-state index in [-0.39, 0.29) is 12.5 Å². The molecule has 1 saturated heterocycles. The number of thioether (sulfide) groups is 2. The van der Waals surface area contributed by atoms with Crippen molar-refractivity contribution in [1.82, 2.24) is 4.90 Å². The smallest absolute Gasteiger partial charge is 0.260 e. The van der Waals surface area contributed by atoms with E-state index in [1.807, 2.05) is 46.6 Å². The zero-order chi connectivity index (χ0) is 17.8. The van der Waals surface area contributed by atoms with Crippen LogP contribution in [-0.2, 0) is 17.8 Å². The highest BCUT2D eigenvalue weighted by molar-refractivity contribution is 8.16.